The van der Waals surface area contributed by atoms with Crippen molar-refractivity contribution in [2.24, 2.45) is 0 Å². The van der Waals surface area contributed by atoms with Gasteiger partial charge in [-0.2, -0.15) is 0 Å². The summed E-state index contributed by atoms with van der Waals surface area (Å²) < 4.78 is 5.71. The average molecular weight is 511 g/mol. The molecule has 5 nitrogen and oxygen atoms in total. The van der Waals surface area contributed by atoms with Crippen LogP contribution < -0.4 is 0 Å². The quantitative estimate of drug-likeness (QED) is 0.394. The summed E-state index contributed by atoms with van der Waals surface area (Å²) in [5, 5.41) is 0. The third-order valence-corrected chi connectivity index (χ3v) is 6.27. The fourth-order valence-electron chi connectivity index (χ4n) is 4.03. The van der Waals surface area contributed by atoms with Crippen molar-refractivity contribution in [2.75, 3.05) is 39.8 Å². The first-order valence-electron chi connectivity index (χ1n) is 9.82. The zero-order valence-corrected chi connectivity index (χ0v) is 20.1. The number of piperazine rings is 1. The van der Waals surface area contributed by atoms with Gasteiger partial charge in [0.05, 0.1) is 16.7 Å². The molecular formula is C22H26BrCl2N5. The van der Waals surface area contributed by atoms with Crippen molar-refractivity contribution < 1.29 is 0 Å². The van der Waals surface area contributed by atoms with Crippen LogP contribution in [0.5, 0.6) is 0 Å². The molecule has 8 heteroatoms. The minimum Gasteiger partial charge on any atom is -0.308 e. The number of para-hydroxylation sites is 2. The monoisotopic (exact) mass is 509 g/mol. The molecule has 0 amide bonds. The molecule has 0 atom stereocenters. The van der Waals surface area contributed by atoms with Gasteiger partial charge in [-0.15, -0.1) is 24.8 Å². The van der Waals surface area contributed by atoms with Crippen LogP contribution in [0.3, 0.4) is 0 Å². The molecule has 1 aliphatic rings. The van der Waals surface area contributed by atoms with E-state index in [9.17, 15) is 0 Å². The van der Waals surface area contributed by atoms with Crippen molar-refractivity contribution in [3.63, 3.8) is 0 Å². The summed E-state index contributed by atoms with van der Waals surface area (Å²) >= 11 is 3.55. The fourth-order valence-corrected chi connectivity index (χ4v) is 4.30. The Labute approximate surface area is 197 Å². The van der Waals surface area contributed by atoms with E-state index < -0.39 is 0 Å². The molecule has 1 fully saturated rings. The average Bonchev–Trinajstić information content (AvgIpc) is 3.24. The minimum atomic E-state index is 0. The normalized spacial score (nSPS) is 15.3. The first kappa shape index (κ1) is 23.1. The van der Waals surface area contributed by atoms with Crippen LogP contribution in [-0.4, -0.2) is 63.5 Å². The lowest BCUT2D eigenvalue weighted by Gasteiger charge is -2.32. The highest BCUT2D eigenvalue weighted by Gasteiger charge is 2.18. The molecule has 0 radical (unpaired) electrons. The van der Waals surface area contributed by atoms with Gasteiger partial charge in [0.15, 0.2) is 0 Å². The Balaban J connectivity index is 0.00000128. The van der Waals surface area contributed by atoms with E-state index in [-0.39, 0.29) is 24.8 Å². The predicted octanol–water partition coefficient (Wildman–Crippen LogP) is 4.81. The predicted molar refractivity (Wildman–Crippen MR) is 132 cm³/mol. The van der Waals surface area contributed by atoms with Crippen LogP contribution in [0.25, 0.3) is 28.1 Å². The number of aromatic nitrogens is 3. The number of halogens is 3. The number of rotatable bonds is 4. The maximum Gasteiger partial charge on any atom is 0.215 e. The first-order chi connectivity index (χ1) is 13.7. The summed E-state index contributed by atoms with van der Waals surface area (Å²) in [5.74, 6) is 1.02. The van der Waals surface area contributed by atoms with Crippen LogP contribution in [0.4, 0.5) is 0 Å². The zero-order valence-electron chi connectivity index (χ0n) is 16.9. The Hall–Kier alpha value is -1.57. The van der Waals surface area contributed by atoms with Gasteiger partial charge in [-0.25, -0.2) is 4.98 Å². The molecule has 5 rings (SSSR count). The SMILES string of the molecule is CN1CCN(CCn2c(-c3ccc(Br)cc3)cn3c4ccccc4nc23)CC1.Cl.Cl. The van der Waals surface area contributed by atoms with Crippen molar-refractivity contribution in [1.29, 1.82) is 0 Å². The lowest BCUT2D eigenvalue weighted by atomic mass is 10.1. The molecule has 1 saturated heterocycles. The maximum atomic E-state index is 4.94. The van der Waals surface area contributed by atoms with Crippen LogP contribution in [0.2, 0.25) is 0 Å². The molecule has 0 N–H and O–H groups in total. The number of hydrogen-bond donors (Lipinski definition) is 0. The number of likely N-dealkylation sites (N-methyl/N-ethyl adjacent to an activating group) is 1. The summed E-state index contributed by atoms with van der Waals surface area (Å²) in [5.41, 5.74) is 4.65. The molecule has 2 aromatic carbocycles. The second-order valence-electron chi connectivity index (χ2n) is 7.59. The summed E-state index contributed by atoms with van der Waals surface area (Å²) in [7, 11) is 2.20. The van der Waals surface area contributed by atoms with Gasteiger partial charge in [0.2, 0.25) is 5.78 Å². The van der Waals surface area contributed by atoms with Gasteiger partial charge in [-0.1, -0.05) is 40.2 Å². The lowest BCUT2D eigenvalue weighted by molar-refractivity contribution is 0.150. The Morgan fingerprint density at radius 2 is 1.60 bits per heavy atom. The molecule has 0 aliphatic carbocycles. The van der Waals surface area contributed by atoms with E-state index in [1.807, 2.05) is 0 Å². The summed E-state index contributed by atoms with van der Waals surface area (Å²) in [6.07, 6.45) is 2.23. The molecule has 0 spiro atoms. The highest BCUT2D eigenvalue weighted by atomic mass is 79.9. The molecule has 0 unspecified atom stereocenters. The smallest absolute Gasteiger partial charge is 0.215 e. The second kappa shape index (κ2) is 9.71. The molecule has 1 aliphatic heterocycles. The van der Waals surface area contributed by atoms with E-state index >= 15 is 0 Å². The standard InChI is InChI=1S/C22H24BrN5.2ClH/c1-25-10-12-26(13-11-25)14-15-27-21(17-6-8-18(23)9-7-17)16-28-20-5-3-2-4-19(20)24-22(27)28;;/h2-9,16H,10-15H2,1H3;2*1H. The largest absolute Gasteiger partial charge is 0.308 e. The van der Waals surface area contributed by atoms with E-state index in [0.717, 1.165) is 60.6 Å². The molecule has 3 heterocycles. The highest BCUT2D eigenvalue weighted by Crippen LogP contribution is 2.27. The van der Waals surface area contributed by atoms with Crippen LogP contribution in [0.15, 0.2) is 59.2 Å². The van der Waals surface area contributed by atoms with Gasteiger partial charge in [-0.3, -0.25) is 9.30 Å². The molecular weight excluding hydrogens is 485 g/mol. The van der Waals surface area contributed by atoms with Crippen molar-refractivity contribution in [2.45, 2.75) is 6.54 Å². The van der Waals surface area contributed by atoms with Crippen LogP contribution >= 0.6 is 40.7 Å². The van der Waals surface area contributed by atoms with E-state index in [1.54, 1.807) is 0 Å². The van der Waals surface area contributed by atoms with Gasteiger partial charge >= 0.3 is 0 Å². The molecule has 160 valence electrons. The van der Waals surface area contributed by atoms with Crippen molar-refractivity contribution >= 4 is 57.6 Å². The molecule has 0 bridgehead atoms. The fraction of sp³-hybridized carbons (Fsp3) is 0.318. The Bertz CT molecular complexity index is 1110. The number of imidazole rings is 2. The van der Waals surface area contributed by atoms with Gasteiger partial charge in [-0.05, 0) is 36.9 Å². The Morgan fingerprint density at radius 1 is 0.900 bits per heavy atom. The second-order valence-corrected chi connectivity index (χ2v) is 8.50. The molecule has 2 aromatic heterocycles. The number of nitrogens with zero attached hydrogens (tertiary/aromatic N) is 5. The maximum absolute atomic E-state index is 4.94. The van der Waals surface area contributed by atoms with Crippen LogP contribution in [-0.2, 0) is 6.54 Å². The number of fused-ring (bicyclic) bond motifs is 3. The van der Waals surface area contributed by atoms with E-state index in [4.69, 9.17) is 4.98 Å². The zero-order chi connectivity index (χ0) is 19.1. The lowest BCUT2D eigenvalue weighted by Crippen LogP contribution is -2.45. The molecule has 4 aromatic rings. The van der Waals surface area contributed by atoms with Gasteiger partial charge in [0.25, 0.3) is 0 Å². The summed E-state index contributed by atoms with van der Waals surface area (Å²) in [4.78, 5) is 9.91. The molecule has 0 saturated carbocycles. The third kappa shape index (κ3) is 4.39. The minimum absolute atomic E-state index is 0. The van der Waals surface area contributed by atoms with Gasteiger partial charge in [0.1, 0.15) is 0 Å². The van der Waals surface area contributed by atoms with Crippen LogP contribution in [0, 0.1) is 0 Å². The summed E-state index contributed by atoms with van der Waals surface area (Å²) in [6, 6.07) is 16.9. The Kier molecular flexibility index (Phi) is 7.47. The van der Waals surface area contributed by atoms with E-state index in [0.29, 0.717) is 0 Å². The number of benzene rings is 2. The van der Waals surface area contributed by atoms with E-state index in [1.165, 1.54) is 11.3 Å². The number of hydrogen-bond acceptors (Lipinski definition) is 3. The summed E-state index contributed by atoms with van der Waals surface area (Å²) in [6.45, 7) is 6.55. The third-order valence-electron chi connectivity index (χ3n) is 5.74. The highest BCUT2D eigenvalue weighted by molar-refractivity contribution is 9.10. The van der Waals surface area contributed by atoms with Crippen LogP contribution in [0.1, 0.15) is 0 Å². The Morgan fingerprint density at radius 3 is 2.33 bits per heavy atom. The van der Waals surface area contributed by atoms with Crippen molar-refractivity contribution in [3.05, 3.63) is 59.2 Å². The van der Waals surface area contributed by atoms with Crippen molar-refractivity contribution in [3.8, 4) is 11.3 Å². The van der Waals surface area contributed by atoms with Crippen molar-refractivity contribution in [1.82, 2.24) is 23.8 Å². The molecule has 30 heavy (non-hydrogen) atoms. The van der Waals surface area contributed by atoms with Gasteiger partial charge in [0, 0.05) is 49.9 Å². The topological polar surface area (TPSA) is 28.7 Å². The first-order valence-corrected chi connectivity index (χ1v) is 10.6. The van der Waals surface area contributed by atoms with Gasteiger partial charge < -0.3 is 9.47 Å². The van der Waals surface area contributed by atoms with E-state index in [2.05, 4.69) is 96.5 Å².